The van der Waals surface area contributed by atoms with Crippen molar-refractivity contribution in [1.82, 2.24) is 5.16 Å². The normalized spacial score (nSPS) is 11.2. The highest BCUT2D eigenvalue weighted by Gasteiger charge is 2.16. The fourth-order valence-electron chi connectivity index (χ4n) is 3.58. The number of aryl methyl sites for hydroxylation is 2. The summed E-state index contributed by atoms with van der Waals surface area (Å²) < 4.78 is 39.8. The maximum absolute atomic E-state index is 14.4. The average Bonchev–Trinajstić information content (AvgIpc) is 3.16. The number of rotatable bonds is 6. The van der Waals surface area contributed by atoms with Crippen molar-refractivity contribution in [1.29, 1.82) is 0 Å². The van der Waals surface area contributed by atoms with Crippen LogP contribution >= 0.6 is 0 Å². The SMILES string of the molecule is CCCc1ccc(Oc2cc(F)c(C)cc2F)c(-c2ccc3onc(N(C)C)c3c2)c1. The molecule has 1 heterocycles. The first-order chi connectivity index (χ1) is 14.9. The Morgan fingerprint density at radius 3 is 2.52 bits per heavy atom. The van der Waals surface area contributed by atoms with Crippen molar-refractivity contribution in [2.45, 2.75) is 26.7 Å². The Bertz CT molecular complexity index is 1250. The maximum Gasteiger partial charge on any atom is 0.179 e. The van der Waals surface area contributed by atoms with E-state index in [1.807, 2.05) is 55.4 Å². The van der Waals surface area contributed by atoms with Crippen LogP contribution in [0.25, 0.3) is 22.1 Å². The molecular formula is C25H24F2N2O2. The van der Waals surface area contributed by atoms with Crippen LogP contribution in [0.2, 0.25) is 0 Å². The lowest BCUT2D eigenvalue weighted by atomic mass is 9.99. The molecule has 0 fully saturated rings. The van der Waals surface area contributed by atoms with Gasteiger partial charge in [0.1, 0.15) is 11.6 Å². The Labute approximate surface area is 180 Å². The number of hydrogen-bond acceptors (Lipinski definition) is 4. The summed E-state index contributed by atoms with van der Waals surface area (Å²) in [6.07, 6.45) is 1.90. The van der Waals surface area contributed by atoms with Gasteiger partial charge in [0.25, 0.3) is 0 Å². The van der Waals surface area contributed by atoms with Gasteiger partial charge in [-0.3, -0.25) is 0 Å². The quantitative estimate of drug-likeness (QED) is 0.339. The molecular weight excluding hydrogens is 398 g/mol. The van der Waals surface area contributed by atoms with E-state index in [2.05, 4.69) is 12.1 Å². The predicted molar refractivity (Wildman–Crippen MR) is 119 cm³/mol. The van der Waals surface area contributed by atoms with Crippen LogP contribution in [0, 0.1) is 18.6 Å². The molecule has 0 atom stereocenters. The van der Waals surface area contributed by atoms with E-state index < -0.39 is 11.6 Å². The van der Waals surface area contributed by atoms with Crippen LogP contribution in [0.15, 0.2) is 53.1 Å². The van der Waals surface area contributed by atoms with Crippen molar-refractivity contribution < 1.29 is 18.0 Å². The molecule has 0 radical (unpaired) electrons. The molecule has 31 heavy (non-hydrogen) atoms. The van der Waals surface area contributed by atoms with Gasteiger partial charge in [-0.25, -0.2) is 8.78 Å². The minimum Gasteiger partial charge on any atom is -0.454 e. The summed E-state index contributed by atoms with van der Waals surface area (Å²) in [5.74, 6) is -0.0959. The molecule has 4 aromatic rings. The van der Waals surface area contributed by atoms with Crippen LogP contribution in [0.1, 0.15) is 24.5 Å². The van der Waals surface area contributed by atoms with Gasteiger partial charge in [0, 0.05) is 25.7 Å². The summed E-state index contributed by atoms with van der Waals surface area (Å²) in [5, 5.41) is 4.99. The summed E-state index contributed by atoms with van der Waals surface area (Å²) in [6, 6.07) is 13.8. The summed E-state index contributed by atoms with van der Waals surface area (Å²) in [7, 11) is 3.80. The van der Waals surface area contributed by atoms with Gasteiger partial charge in [-0.1, -0.05) is 30.6 Å². The van der Waals surface area contributed by atoms with Gasteiger partial charge in [0.15, 0.2) is 23.0 Å². The van der Waals surface area contributed by atoms with E-state index >= 15 is 0 Å². The van der Waals surface area contributed by atoms with Crippen LogP contribution in [-0.2, 0) is 6.42 Å². The van der Waals surface area contributed by atoms with Crippen molar-refractivity contribution in [2.75, 3.05) is 19.0 Å². The van der Waals surface area contributed by atoms with Crippen molar-refractivity contribution in [2.24, 2.45) is 0 Å². The molecule has 0 N–H and O–H groups in total. The predicted octanol–water partition coefficient (Wildman–Crippen LogP) is 6.89. The number of nitrogens with zero attached hydrogens (tertiary/aromatic N) is 2. The zero-order chi connectivity index (χ0) is 22.1. The van der Waals surface area contributed by atoms with Gasteiger partial charge in [-0.2, -0.15) is 0 Å². The van der Waals surface area contributed by atoms with E-state index in [1.165, 1.54) is 6.92 Å². The second-order valence-electron chi connectivity index (χ2n) is 7.83. The molecule has 0 unspecified atom stereocenters. The van der Waals surface area contributed by atoms with E-state index in [4.69, 9.17) is 9.26 Å². The molecule has 3 aromatic carbocycles. The lowest BCUT2D eigenvalue weighted by Crippen LogP contribution is -2.08. The topological polar surface area (TPSA) is 38.5 Å². The first-order valence-electron chi connectivity index (χ1n) is 10.2. The molecule has 0 aliphatic heterocycles. The summed E-state index contributed by atoms with van der Waals surface area (Å²) in [4.78, 5) is 1.88. The smallest absolute Gasteiger partial charge is 0.179 e. The Balaban J connectivity index is 1.84. The standard InChI is InChI=1S/C25H24F2N2O2/c1-5-6-16-7-9-22(30-24-14-20(26)15(2)11-21(24)27)18(12-16)17-8-10-23-19(13-17)25(28-31-23)29(3)4/h7-14H,5-6H2,1-4H3. The van der Waals surface area contributed by atoms with Gasteiger partial charge >= 0.3 is 0 Å². The van der Waals surface area contributed by atoms with Crippen molar-refractivity contribution >= 4 is 16.8 Å². The Morgan fingerprint density at radius 1 is 0.968 bits per heavy atom. The molecule has 4 rings (SSSR count). The third-order valence-corrected chi connectivity index (χ3v) is 5.20. The number of halogens is 2. The molecule has 0 saturated heterocycles. The van der Waals surface area contributed by atoms with Gasteiger partial charge in [-0.05, 0) is 60.4 Å². The fourth-order valence-corrected chi connectivity index (χ4v) is 3.58. The second kappa shape index (κ2) is 8.38. The van der Waals surface area contributed by atoms with E-state index in [1.54, 1.807) is 0 Å². The third-order valence-electron chi connectivity index (χ3n) is 5.20. The largest absolute Gasteiger partial charge is 0.454 e. The Hall–Kier alpha value is -3.41. The molecule has 6 heteroatoms. The zero-order valence-corrected chi connectivity index (χ0v) is 18.0. The second-order valence-corrected chi connectivity index (χ2v) is 7.83. The minimum atomic E-state index is -0.605. The van der Waals surface area contributed by atoms with Crippen LogP contribution in [0.3, 0.4) is 0 Å². The number of benzene rings is 3. The first-order valence-corrected chi connectivity index (χ1v) is 10.2. The molecule has 0 aliphatic carbocycles. The molecule has 160 valence electrons. The highest BCUT2D eigenvalue weighted by atomic mass is 19.1. The number of fused-ring (bicyclic) bond motifs is 1. The third kappa shape index (κ3) is 4.10. The Morgan fingerprint density at radius 2 is 1.77 bits per heavy atom. The summed E-state index contributed by atoms with van der Waals surface area (Å²) in [5.41, 5.74) is 3.71. The number of ether oxygens (including phenoxy) is 1. The Kier molecular flexibility index (Phi) is 5.63. The zero-order valence-electron chi connectivity index (χ0n) is 18.0. The van der Waals surface area contributed by atoms with Crippen molar-refractivity contribution in [3.05, 3.63) is 71.3 Å². The van der Waals surface area contributed by atoms with Gasteiger partial charge in [0.2, 0.25) is 0 Å². The van der Waals surface area contributed by atoms with E-state index in [9.17, 15) is 8.78 Å². The molecule has 0 saturated carbocycles. The lowest BCUT2D eigenvalue weighted by Gasteiger charge is -2.15. The minimum absolute atomic E-state index is 0.146. The molecule has 0 spiro atoms. The van der Waals surface area contributed by atoms with E-state index in [-0.39, 0.29) is 11.3 Å². The summed E-state index contributed by atoms with van der Waals surface area (Å²) >= 11 is 0. The molecule has 1 aromatic heterocycles. The molecule has 0 aliphatic rings. The van der Waals surface area contributed by atoms with E-state index in [0.29, 0.717) is 11.3 Å². The fraction of sp³-hybridized carbons (Fsp3) is 0.240. The number of hydrogen-bond donors (Lipinski definition) is 0. The first kappa shape index (κ1) is 20.8. The van der Waals surface area contributed by atoms with Gasteiger partial charge < -0.3 is 14.2 Å². The molecule has 4 nitrogen and oxygen atoms in total. The van der Waals surface area contributed by atoms with Crippen LogP contribution in [-0.4, -0.2) is 19.3 Å². The highest BCUT2D eigenvalue weighted by Crippen LogP contribution is 2.38. The van der Waals surface area contributed by atoms with Gasteiger partial charge in [0.05, 0.1) is 5.39 Å². The lowest BCUT2D eigenvalue weighted by molar-refractivity contribution is 0.436. The van der Waals surface area contributed by atoms with Gasteiger partial charge in [-0.15, -0.1) is 0 Å². The number of aromatic nitrogens is 1. The van der Waals surface area contributed by atoms with E-state index in [0.717, 1.165) is 52.9 Å². The van der Waals surface area contributed by atoms with Crippen LogP contribution < -0.4 is 9.64 Å². The monoisotopic (exact) mass is 422 g/mol. The van der Waals surface area contributed by atoms with Crippen molar-refractivity contribution in [3.63, 3.8) is 0 Å². The number of anilines is 1. The molecule has 0 bridgehead atoms. The van der Waals surface area contributed by atoms with Crippen LogP contribution in [0.5, 0.6) is 11.5 Å². The average molecular weight is 422 g/mol. The highest BCUT2D eigenvalue weighted by molar-refractivity contribution is 5.92. The molecule has 0 amide bonds. The maximum atomic E-state index is 14.4. The van der Waals surface area contributed by atoms with Crippen LogP contribution in [0.4, 0.5) is 14.6 Å². The summed E-state index contributed by atoms with van der Waals surface area (Å²) in [6.45, 7) is 3.63. The van der Waals surface area contributed by atoms with Crippen molar-refractivity contribution in [3.8, 4) is 22.6 Å².